The number of thiazole rings is 1. The Morgan fingerprint density at radius 3 is 3.00 bits per heavy atom. The van der Waals surface area contributed by atoms with Gasteiger partial charge in [0.05, 0.1) is 17.8 Å². The molecule has 0 saturated carbocycles. The van der Waals surface area contributed by atoms with Crippen LogP contribution in [-0.2, 0) is 16.1 Å². The summed E-state index contributed by atoms with van der Waals surface area (Å²) in [5, 5.41) is 5.15. The molecular formula is C11H19N3O2S. The van der Waals surface area contributed by atoms with Crippen LogP contribution in [0.2, 0.25) is 0 Å². The number of hydrogen-bond acceptors (Lipinski definition) is 5. The van der Waals surface area contributed by atoms with Gasteiger partial charge in [-0.3, -0.25) is 4.79 Å². The zero-order valence-electron chi connectivity index (χ0n) is 10.4. The largest absolute Gasteiger partial charge is 0.378 e. The summed E-state index contributed by atoms with van der Waals surface area (Å²) < 4.78 is 4.96. The number of carbonyl (C=O) groups excluding carboxylic acids is 1. The summed E-state index contributed by atoms with van der Waals surface area (Å²) in [6.07, 6.45) is 1.52. The fraction of sp³-hybridized carbons (Fsp3) is 0.636. The van der Waals surface area contributed by atoms with E-state index in [9.17, 15) is 4.79 Å². The van der Waals surface area contributed by atoms with Gasteiger partial charge in [0.25, 0.3) is 0 Å². The predicted octanol–water partition coefficient (Wildman–Crippen LogP) is 1.75. The molecule has 5 nitrogen and oxygen atoms in total. The summed E-state index contributed by atoms with van der Waals surface area (Å²) in [5.41, 5.74) is 5.89. The molecule has 1 heterocycles. The van der Waals surface area contributed by atoms with Crippen molar-refractivity contribution in [2.24, 2.45) is 5.73 Å². The topological polar surface area (TPSA) is 77.2 Å². The van der Waals surface area contributed by atoms with Gasteiger partial charge in [0.15, 0.2) is 5.13 Å². The second kappa shape index (κ2) is 6.09. The molecule has 0 fully saturated rings. The van der Waals surface area contributed by atoms with E-state index >= 15 is 0 Å². The average molecular weight is 257 g/mol. The molecule has 1 aromatic rings. The molecule has 0 spiro atoms. The Kier molecular flexibility index (Phi) is 5.04. The molecule has 0 radical (unpaired) electrons. The van der Waals surface area contributed by atoms with Gasteiger partial charge in [-0.15, -0.1) is 11.3 Å². The third-order valence-electron chi connectivity index (χ3n) is 2.35. The van der Waals surface area contributed by atoms with E-state index in [-0.39, 0.29) is 5.91 Å². The standard InChI is InChI=1S/C11H19N3O2S/c1-4-5-11(2,12)9(15)14-10-13-8(6-16-3)7-17-10/h7H,4-6,12H2,1-3H3,(H,13,14,15). The summed E-state index contributed by atoms with van der Waals surface area (Å²) in [6.45, 7) is 4.18. The Labute approximate surface area is 105 Å². The van der Waals surface area contributed by atoms with E-state index in [0.717, 1.165) is 12.1 Å². The van der Waals surface area contributed by atoms with E-state index in [4.69, 9.17) is 10.5 Å². The Morgan fingerprint density at radius 2 is 2.41 bits per heavy atom. The van der Waals surface area contributed by atoms with Crippen molar-refractivity contribution in [1.29, 1.82) is 0 Å². The normalized spacial score (nSPS) is 14.4. The Bertz CT molecular complexity index is 377. The number of aromatic nitrogens is 1. The van der Waals surface area contributed by atoms with E-state index in [2.05, 4.69) is 10.3 Å². The average Bonchev–Trinajstić information content (AvgIpc) is 2.66. The molecule has 96 valence electrons. The molecule has 1 rings (SSSR count). The van der Waals surface area contributed by atoms with Gasteiger partial charge in [0.2, 0.25) is 5.91 Å². The third-order valence-corrected chi connectivity index (χ3v) is 3.16. The molecule has 0 aliphatic heterocycles. The van der Waals surface area contributed by atoms with Crippen LogP contribution in [0, 0.1) is 0 Å². The lowest BCUT2D eigenvalue weighted by Gasteiger charge is -2.21. The molecule has 3 N–H and O–H groups in total. The van der Waals surface area contributed by atoms with Crippen LogP contribution in [-0.4, -0.2) is 23.5 Å². The number of anilines is 1. The van der Waals surface area contributed by atoms with Crippen molar-refractivity contribution in [3.8, 4) is 0 Å². The third kappa shape index (κ3) is 4.07. The summed E-state index contributed by atoms with van der Waals surface area (Å²) in [6, 6.07) is 0. The first-order chi connectivity index (χ1) is 7.99. The number of ether oxygens (including phenoxy) is 1. The minimum Gasteiger partial charge on any atom is -0.378 e. The highest BCUT2D eigenvalue weighted by molar-refractivity contribution is 7.13. The van der Waals surface area contributed by atoms with Crippen LogP contribution in [0.4, 0.5) is 5.13 Å². The van der Waals surface area contributed by atoms with E-state index in [1.54, 1.807) is 14.0 Å². The molecule has 6 heteroatoms. The highest BCUT2D eigenvalue weighted by Crippen LogP contribution is 2.18. The zero-order chi connectivity index (χ0) is 12.9. The van der Waals surface area contributed by atoms with E-state index < -0.39 is 5.54 Å². The van der Waals surface area contributed by atoms with Crippen LogP contribution >= 0.6 is 11.3 Å². The number of nitrogens with zero attached hydrogens (tertiary/aromatic N) is 1. The van der Waals surface area contributed by atoms with Gasteiger partial charge in [-0.05, 0) is 13.3 Å². The maximum Gasteiger partial charge on any atom is 0.245 e. The number of amides is 1. The summed E-state index contributed by atoms with van der Waals surface area (Å²) in [4.78, 5) is 16.1. The van der Waals surface area contributed by atoms with Crippen LogP contribution in [0.3, 0.4) is 0 Å². The fourth-order valence-corrected chi connectivity index (χ4v) is 2.14. The van der Waals surface area contributed by atoms with E-state index in [0.29, 0.717) is 18.2 Å². The number of hydrogen-bond donors (Lipinski definition) is 2. The molecule has 0 aliphatic rings. The van der Waals surface area contributed by atoms with Crippen molar-refractivity contribution in [2.45, 2.75) is 38.8 Å². The molecule has 1 amide bonds. The number of carbonyl (C=O) groups is 1. The minimum absolute atomic E-state index is 0.197. The highest BCUT2D eigenvalue weighted by Gasteiger charge is 2.27. The maximum absolute atomic E-state index is 11.9. The molecule has 1 atom stereocenters. The number of nitrogens with one attached hydrogen (secondary N) is 1. The van der Waals surface area contributed by atoms with Crippen molar-refractivity contribution in [1.82, 2.24) is 4.98 Å². The SMILES string of the molecule is CCCC(C)(N)C(=O)Nc1nc(COC)cs1. The molecule has 17 heavy (non-hydrogen) atoms. The van der Waals surface area contributed by atoms with Gasteiger partial charge in [0.1, 0.15) is 0 Å². The lowest BCUT2D eigenvalue weighted by atomic mass is 9.97. The highest BCUT2D eigenvalue weighted by atomic mass is 32.1. The molecule has 1 unspecified atom stereocenters. The molecule has 0 aromatic carbocycles. The second-order valence-electron chi connectivity index (χ2n) is 4.20. The summed E-state index contributed by atoms with van der Waals surface area (Å²) >= 11 is 1.37. The maximum atomic E-state index is 11.9. The van der Waals surface area contributed by atoms with Gasteiger partial charge in [-0.25, -0.2) is 4.98 Å². The Balaban J connectivity index is 2.61. The minimum atomic E-state index is -0.845. The summed E-state index contributed by atoms with van der Waals surface area (Å²) in [7, 11) is 1.61. The van der Waals surface area contributed by atoms with Gasteiger partial charge in [-0.1, -0.05) is 13.3 Å². The van der Waals surface area contributed by atoms with E-state index in [1.165, 1.54) is 11.3 Å². The molecule has 0 aliphatic carbocycles. The lowest BCUT2D eigenvalue weighted by Crippen LogP contribution is -2.48. The van der Waals surface area contributed by atoms with Crippen molar-refractivity contribution in [2.75, 3.05) is 12.4 Å². The van der Waals surface area contributed by atoms with Gasteiger partial charge in [0, 0.05) is 12.5 Å². The van der Waals surface area contributed by atoms with Crippen LogP contribution < -0.4 is 11.1 Å². The summed E-state index contributed by atoms with van der Waals surface area (Å²) in [5.74, 6) is -0.197. The van der Waals surface area contributed by atoms with Crippen molar-refractivity contribution in [3.05, 3.63) is 11.1 Å². The van der Waals surface area contributed by atoms with Gasteiger partial charge >= 0.3 is 0 Å². The van der Waals surface area contributed by atoms with Crippen LogP contribution in [0.1, 0.15) is 32.4 Å². The molecule has 0 saturated heterocycles. The molecular weight excluding hydrogens is 238 g/mol. The smallest absolute Gasteiger partial charge is 0.245 e. The van der Waals surface area contributed by atoms with Gasteiger partial charge < -0.3 is 15.8 Å². The molecule has 1 aromatic heterocycles. The van der Waals surface area contributed by atoms with Crippen LogP contribution in [0.5, 0.6) is 0 Å². The zero-order valence-corrected chi connectivity index (χ0v) is 11.3. The predicted molar refractivity (Wildman–Crippen MR) is 69.0 cm³/mol. The van der Waals surface area contributed by atoms with E-state index in [1.807, 2.05) is 12.3 Å². The monoisotopic (exact) mass is 257 g/mol. The first kappa shape index (κ1) is 14.1. The quantitative estimate of drug-likeness (QED) is 0.814. The molecule has 0 bridgehead atoms. The van der Waals surface area contributed by atoms with Crippen molar-refractivity contribution < 1.29 is 9.53 Å². The number of nitrogens with two attached hydrogens (primary N) is 1. The van der Waals surface area contributed by atoms with Crippen LogP contribution in [0.15, 0.2) is 5.38 Å². The first-order valence-corrected chi connectivity index (χ1v) is 6.41. The lowest BCUT2D eigenvalue weighted by molar-refractivity contribution is -0.120. The van der Waals surface area contributed by atoms with Crippen molar-refractivity contribution >= 4 is 22.4 Å². The number of methoxy groups -OCH3 is 1. The Hall–Kier alpha value is -0.980. The second-order valence-corrected chi connectivity index (χ2v) is 5.06. The van der Waals surface area contributed by atoms with Gasteiger partial charge in [-0.2, -0.15) is 0 Å². The van der Waals surface area contributed by atoms with Crippen LogP contribution in [0.25, 0.3) is 0 Å². The first-order valence-electron chi connectivity index (χ1n) is 5.53. The Morgan fingerprint density at radius 1 is 1.71 bits per heavy atom. The number of rotatable bonds is 6. The fourth-order valence-electron chi connectivity index (χ4n) is 1.45. The van der Waals surface area contributed by atoms with Crippen molar-refractivity contribution in [3.63, 3.8) is 0 Å².